The van der Waals surface area contributed by atoms with Crippen LogP contribution in [0.3, 0.4) is 0 Å². The van der Waals surface area contributed by atoms with Gasteiger partial charge >= 0.3 is 40.8 Å². The fraction of sp³-hybridized carbons (Fsp3) is 1.00. The number of hydrogen-bond donors (Lipinski definition) is 0. The number of hydrogen-bond acceptors (Lipinski definition) is 1. The second-order valence-corrected chi connectivity index (χ2v) is 27.4. The zero-order valence-corrected chi connectivity index (χ0v) is 26.0. The van der Waals surface area contributed by atoms with Gasteiger partial charge in [-0.1, -0.05) is 98.9 Å². The molecule has 0 unspecified atom stereocenters. The van der Waals surface area contributed by atoms with Crippen molar-refractivity contribution in [1.82, 2.24) is 0 Å². The fourth-order valence-corrected chi connectivity index (χ4v) is 10.7. The average Bonchev–Trinajstić information content (AvgIpc) is 2.39. The van der Waals surface area contributed by atoms with Gasteiger partial charge in [-0.3, -0.25) is 0 Å². The summed E-state index contributed by atoms with van der Waals surface area (Å²) in [6, 6.07) is 0. The molecule has 0 aliphatic heterocycles. The first-order valence-electron chi connectivity index (χ1n) is 8.95. The molecule has 0 aliphatic carbocycles. The molecular weight excluding hydrogens is 654 g/mol. The topological polar surface area (TPSA) is 39.4 Å². The van der Waals surface area contributed by atoms with E-state index in [9.17, 15) is 0 Å². The predicted octanol–water partition coefficient (Wildman–Crippen LogP) is 9.64. The molecule has 7 heteroatoms. The summed E-state index contributed by atoms with van der Waals surface area (Å²) in [6.45, 7) is 28.2. The predicted molar refractivity (Wildman–Crippen MR) is 131 cm³/mol. The van der Waals surface area contributed by atoms with Crippen molar-refractivity contribution in [2.24, 2.45) is 0 Å². The maximum Gasteiger partial charge on any atom is 0 e. The van der Waals surface area contributed by atoms with Gasteiger partial charge in [0.15, 0.2) is 0 Å². The van der Waals surface area contributed by atoms with Crippen molar-refractivity contribution in [3.05, 3.63) is 10.5 Å². The maximum atomic E-state index is 7.25. The molecule has 0 heterocycles. The summed E-state index contributed by atoms with van der Waals surface area (Å²) in [5.74, 6) is 0. The number of nitrogens with zero attached hydrogens (tertiary/aromatic N) is 1. The zero-order chi connectivity index (χ0) is 21.3. The SMILES string of the molecule is CC(C)P(C(C)C)C(C)C.CC(C)P(C(C)C)C(C)C.[Br][Re][Br].[HH].[N-]=O. The molecule has 0 N–H and O–H groups in total. The van der Waals surface area contributed by atoms with Crippen molar-refractivity contribution in [2.75, 3.05) is 0 Å². The molecule has 0 atom stereocenters. The van der Waals surface area contributed by atoms with E-state index in [1.807, 2.05) is 0 Å². The normalized spacial score (nSPS) is 11.0. The Bertz CT molecular complexity index is 214. The first-order valence-corrected chi connectivity index (χ1v) is 23.9. The van der Waals surface area contributed by atoms with Crippen LogP contribution in [0.1, 0.15) is 84.5 Å². The van der Waals surface area contributed by atoms with E-state index in [-0.39, 0.29) is 31.2 Å². The minimum Gasteiger partial charge on any atom is -0.577 e. The van der Waals surface area contributed by atoms with E-state index < -0.39 is 0 Å². The minimum absolute atomic E-state index is 0. The monoisotopic (exact) mass is 697 g/mol. The van der Waals surface area contributed by atoms with E-state index in [2.05, 4.69) is 110 Å². The van der Waals surface area contributed by atoms with Gasteiger partial charge in [0.05, 0.1) is 0 Å². The summed E-state index contributed by atoms with van der Waals surface area (Å²) in [4.78, 5) is 7.25. The summed E-state index contributed by atoms with van der Waals surface area (Å²) < 4.78 is 0. The molecule has 0 spiro atoms. The van der Waals surface area contributed by atoms with E-state index >= 15 is 0 Å². The van der Waals surface area contributed by atoms with Crippen molar-refractivity contribution in [3.63, 3.8) is 0 Å². The Labute approximate surface area is 184 Å². The molecule has 0 aromatic heterocycles. The van der Waals surface area contributed by atoms with E-state index in [1.54, 1.807) is 0 Å². The number of nitroso groups, excluding NO2 is 1. The molecule has 0 bridgehead atoms. The van der Waals surface area contributed by atoms with Gasteiger partial charge in [0.2, 0.25) is 0 Å². The standard InChI is InChI=1S/2C9H21P.2BrH.NO.Re.H2/c2*1-7(2)10(8(3)4)9(5)6;;;1-2;;/h2*7-9H,1-6H3;2*1H;;;1H/q;;;;-1;+2;/p-2. The second kappa shape index (κ2) is 22.4. The van der Waals surface area contributed by atoms with Gasteiger partial charge < -0.3 is 10.5 Å². The van der Waals surface area contributed by atoms with Gasteiger partial charge in [0, 0.05) is 1.43 Å². The largest absolute Gasteiger partial charge is 0.577 e. The van der Waals surface area contributed by atoms with Crippen LogP contribution in [-0.2, 0) is 13.9 Å². The summed E-state index contributed by atoms with van der Waals surface area (Å²) in [6.07, 6.45) is 0. The van der Waals surface area contributed by atoms with Crippen LogP contribution in [0, 0.1) is 4.91 Å². The van der Waals surface area contributed by atoms with Crippen LogP contribution in [0.2, 0.25) is 0 Å². The van der Waals surface area contributed by atoms with Crippen LogP contribution in [0.4, 0.5) is 0 Å². The average molecular weight is 699 g/mol. The van der Waals surface area contributed by atoms with E-state index in [0.29, 0.717) is 0 Å². The molecule has 0 radical (unpaired) electrons. The summed E-state index contributed by atoms with van der Waals surface area (Å²) >= 11 is 6.39. The molecule has 0 aliphatic rings. The molecule has 2 nitrogen and oxygen atoms in total. The molecule has 25 heavy (non-hydrogen) atoms. The van der Waals surface area contributed by atoms with Gasteiger partial charge in [-0.15, -0.1) is 0 Å². The molecular formula is C18H44Br2NOP2Re-. The quantitative estimate of drug-likeness (QED) is 0.255. The molecule has 0 fully saturated rings. The second-order valence-electron chi connectivity index (χ2n) is 7.51. The molecule has 159 valence electrons. The molecule has 0 amide bonds. The molecule has 0 saturated heterocycles. The Kier molecular flexibility index (Phi) is 30.9. The van der Waals surface area contributed by atoms with Crippen molar-refractivity contribution < 1.29 is 15.4 Å². The van der Waals surface area contributed by atoms with Gasteiger partial charge in [-0.05, 0) is 34.0 Å². The molecule has 0 aromatic carbocycles. The summed E-state index contributed by atoms with van der Waals surface area (Å²) in [5, 5.41) is 0. The maximum absolute atomic E-state index is 7.25. The van der Waals surface area contributed by atoms with E-state index in [4.69, 9.17) is 10.5 Å². The van der Waals surface area contributed by atoms with Crippen LogP contribution in [0.25, 0.3) is 5.59 Å². The first kappa shape index (κ1) is 34.6. The third-order valence-corrected chi connectivity index (χ3v) is 10.7. The van der Waals surface area contributed by atoms with Crippen molar-refractivity contribution in [3.8, 4) is 0 Å². The van der Waals surface area contributed by atoms with Crippen molar-refractivity contribution in [1.29, 1.82) is 0 Å². The third kappa shape index (κ3) is 22.2. The van der Waals surface area contributed by atoms with Crippen LogP contribution in [0.5, 0.6) is 0 Å². The Morgan fingerprint density at radius 3 is 0.640 bits per heavy atom. The van der Waals surface area contributed by atoms with Gasteiger partial charge in [0.25, 0.3) is 0 Å². The minimum atomic E-state index is -0.0417. The first-order chi connectivity index (χ1) is 11.3. The van der Waals surface area contributed by atoms with Gasteiger partial charge in [-0.25, -0.2) is 0 Å². The summed E-state index contributed by atoms with van der Waals surface area (Å²) in [7, 11) is 0.525. The van der Waals surface area contributed by atoms with Crippen LogP contribution in [0.15, 0.2) is 0 Å². The third-order valence-electron chi connectivity index (χ3n) is 3.58. The van der Waals surface area contributed by atoms with Crippen molar-refractivity contribution in [2.45, 2.75) is 117 Å². The Morgan fingerprint density at radius 2 is 0.640 bits per heavy atom. The smallest absolute Gasteiger partial charge is 0 e. The Balaban J connectivity index is -0.0000000878. The van der Waals surface area contributed by atoms with Crippen LogP contribution >= 0.6 is 42.7 Å². The van der Waals surface area contributed by atoms with Crippen LogP contribution < -0.4 is 0 Å². The van der Waals surface area contributed by atoms with Crippen molar-refractivity contribution >= 4 is 42.7 Å². The molecule has 0 rings (SSSR count). The Morgan fingerprint density at radius 1 is 0.560 bits per heavy atom. The van der Waals surface area contributed by atoms with Gasteiger partial charge in [-0.2, -0.15) is 0 Å². The zero-order valence-electron chi connectivity index (χ0n) is 18.3. The Hall–Kier alpha value is 2.08. The fourth-order valence-electron chi connectivity index (χ4n) is 3.58. The molecule has 0 saturated carbocycles. The molecule has 0 aromatic rings. The van der Waals surface area contributed by atoms with E-state index in [1.165, 1.54) is 0 Å². The number of halogens is 2. The number of rotatable bonds is 6. The summed E-state index contributed by atoms with van der Waals surface area (Å²) in [5.41, 5.74) is 11.1. The van der Waals surface area contributed by atoms with Gasteiger partial charge in [0.1, 0.15) is 0 Å². The van der Waals surface area contributed by atoms with E-state index in [0.717, 1.165) is 34.0 Å². The van der Waals surface area contributed by atoms with Crippen LogP contribution in [-0.4, -0.2) is 34.0 Å².